The summed E-state index contributed by atoms with van der Waals surface area (Å²) in [6.45, 7) is 0. The van der Waals surface area contributed by atoms with Gasteiger partial charge in [-0.25, -0.2) is 0 Å². The molecule has 1 atom stereocenters. The van der Waals surface area contributed by atoms with E-state index in [2.05, 4.69) is 15.9 Å². The molecule has 0 saturated heterocycles. The Bertz CT molecular complexity index is 415. The van der Waals surface area contributed by atoms with Crippen LogP contribution >= 0.6 is 15.9 Å². The summed E-state index contributed by atoms with van der Waals surface area (Å²) in [5.74, 6) is 1.23. The van der Waals surface area contributed by atoms with E-state index >= 15 is 0 Å². The Kier molecular flexibility index (Phi) is 4.59. The van der Waals surface area contributed by atoms with Crippen LogP contribution in [0.5, 0.6) is 11.5 Å². The van der Waals surface area contributed by atoms with Gasteiger partial charge in [-0.3, -0.25) is 0 Å². The van der Waals surface area contributed by atoms with Gasteiger partial charge in [0.2, 0.25) is 0 Å². The molecule has 0 aliphatic rings. The van der Waals surface area contributed by atoms with Crippen molar-refractivity contribution < 1.29 is 9.47 Å². The van der Waals surface area contributed by atoms with E-state index in [1.807, 2.05) is 6.07 Å². The number of benzene rings is 1. The summed E-state index contributed by atoms with van der Waals surface area (Å²) < 4.78 is 11.1. The molecule has 0 bridgehead atoms. The van der Waals surface area contributed by atoms with E-state index in [1.165, 1.54) is 0 Å². The zero-order chi connectivity index (χ0) is 12.1. The summed E-state index contributed by atoms with van der Waals surface area (Å²) in [6.07, 6.45) is 0.258. The highest BCUT2D eigenvalue weighted by Crippen LogP contribution is 2.35. The van der Waals surface area contributed by atoms with Crippen LogP contribution in [-0.2, 0) is 0 Å². The monoisotopic (exact) mass is 284 g/mol. The van der Waals surface area contributed by atoms with Gasteiger partial charge in [0.1, 0.15) is 0 Å². The second-order valence-electron chi connectivity index (χ2n) is 3.20. The maximum Gasteiger partial charge on any atom is 0.161 e. The summed E-state index contributed by atoms with van der Waals surface area (Å²) in [5.41, 5.74) is 6.71. The number of hydrogen-bond acceptors (Lipinski definition) is 4. The molecule has 0 radical (unpaired) electrons. The molecule has 1 aromatic carbocycles. The number of nitriles is 1. The van der Waals surface area contributed by atoms with Crippen molar-refractivity contribution in [1.29, 1.82) is 5.26 Å². The number of nitrogens with zero attached hydrogens (tertiary/aromatic N) is 1. The molecule has 5 heteroatoms. The van der Waals surface area contributed by atoms with Crippen LogP contribution in [0, 0.1) is 11.3 Å². The average Bonchev–Trinajstić information content (AvgIpc) is 2.28. The van der Waals surface area contributed by atoms with Crippen molar-refractivity contribution in [3.8, 4) is 17.6 Å². The summed E-state index contributed by atoms with van der Waals surface area (Å²) in [4.78, 5) is 0. The third-order valence-corrected chi connectivity index (χ3v) is 2.90. The van der Waals surface area contributed by atoms with Gasteiger partial charge in [-0.05, 0) is 17.7 Å². The van der Waals surface area contributed by atoms with Crippen molar-refractivity contribution in [2.24, 2.45) is 5.73 Å². The smallest absolute Gasteiger partial charge is 0.161 e. The first-order chi connectivity index (χ1) is 7.63. The van der Waals surface area contributed by atoms with Gasteiger partial charge >= 0.3 is 0 Å². The number of hydrogen-bond donors (Lipinski definition) is 1. The Morgan fingerprint density at radius 3 is 2.44 bits per heavy atom. The second kappa shape index (κ2) is 5.73. The maximum atomic E-state index is 8.61. The molecule has 1 rings (SSSR count). The highest BCUT2D eigenvalue weighted by Gasteiger charge is 2.14. The largest absolute Gasteiger partial charge is 0.493 e. The Balaban J connectivity index is 3.16. The first kappa shape index (κ1) is 12.8. The quantitative estimate of drug-likeness (QED) is 0.922. The first-order valence-electron chi connectivity index (χ1n) is 4.68. The van der Waals surface area contributed by atoms with Crippen LogP contribution in [0.15, 0.2) is 16.6 Å². The topological polar surface area (TPSA) is 68.3 Å². The van der Waals surface area contributed by atoms with E-state index in [9.17, 15) is 0 Å². The minimum absolute atomic E-state index is 0.258. The summed E-state index contributed by atoms with van der Waals surface area (Å²) >= 11 is 3.40. The molecule has 0 aliphatic carbocycles. The molecule has 0 saturated carbocycles. The molecule has 16 heavy (non-hydrogen) atoms. The Hall–Kier alpha value is -1.25. The molecule has 0 fully saturated rings. The Morgan fingerprint density at radius 1 is 1.38 bits per heavy atom. The van der Waals surface area contributed by atoms with Gasteiger partial charge in [0.15, 0.2) is 11.5 Å². The lowest BCUT2D eigenvalue weighted by Gasteiger charge is -2.14. The zero-order valence-electron chi connectivity index (χ0n) is 9.16. The van der Waals surface area contributed by atoms with Crippen LogP contribution in [0.2, 0.25) is 0 Å². The van der Waals surface area contributed by atoms with E-state index in [0.29, 0.717) is 11.5 Å². The SMILES string of the molecule is COc1cc(Br)c([C@@H](N)CC#N)cc1OC. The van der Waals surface area contributed by atoms with Crippen LogP contribution in [0.25, 0.3) is 0 Å². The molecule has 0 heterocycles. The average molecular weight is 285 g/mol. The fourth-order valence-electron chi connectivity index (χ4n) is 1.36. The van der Waals surface area contributed by atoms with Gasteiger partial charge < -0.3 is 15.2 Å². The Morgan fingerprint density at radius 2 is 1.94 bits per heavy atom. The highest BCUT2D eigenvalue weighted by molar-refractivity contribution is 9.10. The first-order valence-corrected chi connectivity index (χ1v) is 5.47. The molecule has 86 valence electrons. The van der Waals surface area contributed by atoms with Crippen molar-refractivity contribution in [3.63, 3.8) is 0 Å². The molecule has 4 nitrogen and oxygen atoms in total. The standard InChI is InChI=1S/C11H13BrN2O2/c1-15-10-5-7(9(14)3-4-13)8(12)6-11(10)16-2/h5-6,9H,3,14H2,1-2H3/t9-/m0/s1. The maximum absolute atomic E-state index is 8.61. The van der Waals surface area contributed by atoms with E-state index in [0.717, 1.165) is 10.0 Å². The third-order valence-electron chi connectivity index (χ3n) is 2.21. The van der Waals surface area contributed by atoms with Crippen molar-refractivity contribution in [2.45, 2.75) is 12.5 Å². The van der Waals surface area contributed by atoms with E-state index in [1.54, 1.807) is 26.4 Å². The predicted molar refractivity (Wildman–Crippen MR) is 64.4 cm³/mol. The number of halogens is 1. The van der Waals surface area contributed by atoms with Gasteiger partial charge in [0.25, 0.3) is 0 Å². The summed E-state index contributed by atoms with van der Waals surface area (Å²) in [6, 6.07) is 5.27. The lowest BCUT2D eigenvalue weighted by Crippen LogP contribution is -2.10. The van der Waals surface area contributed by atoms with Gasteiger partial charge in [-0.2, -0.15) is 5.26 Å². The molecule has 0 amide bonds. The summed E-state index contributed by atoms with van der Waals surface area (Å²) in [7, 11) is 3.13. The third kappa shape index (κ3) is 2.65. The van der Waals surface area contributed by atoms with Crippen molar-refractivity contribution in [3.05, 3.63) is 22.2 Å². The fraction of sp³-hybridized carbons (Fsp3) is 0.364. The fourth-order valence-corrected chi connectivity index (χ4v) is 1.98. The molecule has 2 N–H and O–H groups in total. The minimum atomic E-state index is -0.334. The predicted octanol–water partition coefficient (Wildman–Crippen LogP) is 2.38. The molecular formula is C11H13BrN2O2. The number of ether oxygens (including phenoxy) is 2. The van der Waals surface area contributed by atoms with Gasteiger partial charge in [-0.15, -0.1) is 0 Å². The zero-order valence-corrected chi connectivity index (χ0v) is 10.7. The molecule has 0 spiro atoms. The van der Waals surface area contributed by atoms with Gasteiger partial charge in [-0.1, -0.05) is 15.9 Å². The Labute approximate surface area is 103 Å². The minimum Gasteiger partial charge on any atom is -0.493 e. The van der Waals surface area contributed by atoms with Crippen LogP contribution < -0.4 is 15.2 Å². The van der Waals surface area contributed by atoms with Crippen molar-refractivity contribution >= 4 is 15.9 Å². The molecule has 0 unspecified atom stereocenters. The molecule has 1 aromatic rings. The van der Waals surface area contributed by atoms with Crippen molar-refractivity contribution in [1.82, 2.24) is 0 Å². The molecule has 0 aromatic heterocycles. The van der Waals surface area contributed by atoms with Crippen LogP contribution in [0.4, 0.5) is 0 Å². The number of nitrogens with two attached hydrogens (primary N) is 1. The lowest BCUT2D eigenvalue weighted by atomic mass is 10.0. The molecule has 0 aliphatic heterocycles. The van der Waals surface area contributed by atoms with Crippen LogP contribution in [0.1, 0.15) is 18.0 Å². The number of methoxy groups -OCH3 is 2. The lowest BCUT2D eigenvalue weighted by molar-refractivity contribution is 0.354. The van der Waals surface area contributed by atoms with E-state index in [4.69, 9.17) is 20.5 Å². The highest BCUT2D eigenvalue weighted by atomic mass is 79.9. The van der Waals surface area contributed by atoms with Gasteiger partial charge in [0, 0.05) is 10.5 Å². The van der Waals surface area contributed by atoms with Crippen LogP contribution in [-0.4, -0.2) is 14.2 Å². The van der Waals surface area contributed by atoms with Crippen molar-refractivity contribution in [2.75, 3.05) is 14.2 Å². The normalized spacial score (nSPS) is 11.7. The van der Waals surface area contributed by atoms with Crippen LogP contribution in [0.3, 0.4) is 0 Å². The van der Waals surface area contributed by atoms with E-state index in [-0.39, 0.29) is 12.5 Å². The number of rotatable bonds is 4. The summed E-state index contributed by atoms with van der Waals surface area (Å²) in [5, 5.41) is 8.61. The van der Waals surface area contributed by atoms with E-state index < -0.39 is 0 Å². The molecular weight excluding hydrogens is 272 g/mol. The second-order valence-corrected chi connectivity index (χ2v) is 4.05. The van der Waals surface area contributed by atoms with Gasteiger partial charge in [0.05, 0.1) is 26.7 Å².